The van der Waals surface area contributed by atoms with Crippen LogP contribution in [0.3, 0.4) is 0 Å². The summed E-state index contributed by atoms with van der Waals surface area (Å²) in [5, 5.41) is 0. The lowest BCUT2D eigenvalue weighted by atomic mass is 10.2. The Bertz CT molecular complexity index is 267. The first-order valence-corrected chi connectivity index (χ1v) is 4.85. The minimum atomic E-state index is 0.533. The molecule has 3 heteroatoms. The van der Waals surface area contributed by atoms with Crippen molar-refractivity contribution in [1.29, 1.82) is 0 Å². The maximum Gasteiger partial charge on any atom is 0.213 e. The van der Waals surface area contributed by atoms with Crippen molar-refractivity contribution in [3.63, 3.8) is 0 Å². The lowest BCUT2D eigenvalue weighted by Gasteiger charge is -2.12. The molecule has 0 spiro atoms. The highest BCUT2D eigenvalue weighted by molar-refractivity contribution is 5.43. The maximum absolute atomic E-state index is 5.47. The van der Waals surface area contributed by atoms with Gasteiger partial charge in [0.1, 0.15) is 0 Å². The van der Waals surface area contributed by atoms with Crippen molar-refractivity contribution in [2.24, 2.45) is 5.92 Å². The van der Waals surface area contributed by atoms with E-state index in [2.05, 4.69) is 18.8 Å². The maximum atomic E-state index is 5.47. The van der Waals surface area contributed by atoms with Crippen molar-refractivity contribution >= 4 is 5.69 Å². The van der Waals surface area contributed by atoms with Crippen molar-refractivity contribution in [2.75, 3.05) is 25.6 Å². The molecular weight excluding hydrogens is 176 g/mol. The first kappa shape index (κ1) is 10.8. The topological polar surface area (TPSA) is 25.4 Å². The number of pyridine rings is 1. The number of rotatable bonds is 4. The van der Waals surface area contributed by atoms with Crippen molar-refractivity contribution < 1.29 is 4.74 Å². The Balaban J connectivity index is 2.55. The van der Waals surface area contributed by atoms with Gasteiger partial charge in [-0.3, -0.25) is 0 Å². The number of ether oxygens (including phenoxy) is 1. The van der Waals surface area contributed by atoms with Crippen LogP contribution >= 0.6 is 0 Å². The Hall–Kier alpha value is -1.25. The van der Waals surface area contributed by atoms with Gasteiger partial charge in [0, 0.05) is 20.2 Å². The fourth-order valence-corrected chi connectivity index (χ4v) is 0.974. The standard InChI is InChI=1S/C11H18N2O/c1-9(2)8-14-11-6-5-10(7-12-11)13(3)4/h5-7,9H,8H2,1-4H3. The van der Waals surface area contributed by atoms with Gasteiger partial charge in [0.2, 0.25) is 5.88 Å². The fraction of sp³-hybridized carbons (Fsp3) is 0.545. The predicted octanol–water partition coefficient (Wildman–Crippen LogP) is 2.18. The highest BCUT2D eigenvalue weighted by Gasteiger charge is 1.99. The van der Waals surface area contributed by atoms with Crippen LogP contribution in [0.5, 0.6) is 5.88 Å². The summed E-state index contributed by atoms with van der Waals surface area (Å²) in [7, 11) is 3.98. The molecule has 0 radical (unpaired) electrons. The van der Waals surface area contributed by atoms with Crippen LogP contribution < -0.4 is 9.64 Å². The molecule has 0 amide bonds. The first-order chi connectivity index (χ1) is 6.59. The third-order valence-corrected chi connectivity index (χ3v) is 1.80. The summed E-state index contributed by atoms with van der Waals surface area (Å²) in [6, 6.07) is 3.90. The van der Waals surface area contributed by atoms with E-state index < -0.39 is 0 Å². The molecule has 14 heavy (non-hydrogen) atoms. The first-order valence-electron chi connectivity index (χ1n) is 4.85. The van der Waals surface area contributed by atoms with Gasteiger partial charge in [-0.25, -0.2) is 4.98 Å². The van der Waals surface area contributed by atoms with E-state index in [0.29, 0.717) is 18.4 Å². The van der Waals surface area contributed by atoms with E-state index in [1.165, 1.54) is 0 Å². The summed E-state index contributed by atoms with van der Waals surface area (Å²) < 4.78 is 5.47. The Labute approximate surface area is 85.7 Å². The van der Waals surface area contributed by atoms with Crippen molar-refractivity contribution in [2.45, 2.75) is 13.8 Å². The van der Waals surface area contributed by atoms with E-state index in [9.17, 15) is 0 Å². The summed E-state index contributed by atoms with van der Waals surface area (Å²) >= 11 is 0. The molecule has 3 nitrogen and oxygen atoms in total. The van der Waals surface area contributed by atoms with Gasteiger partial charge in [-0.15, -0.1) is 0 Å². The van der Waals surface area contributed by atoms with Crippen LogP contribution in [0.2, 0.25) is 0 Å². The van der Waals surface area contributed by atoms with Crippen LogP contribution in [0, 0.1) is 5.92 Å². The molecule has 0 bridgehead atoms. The minimum Gasteiger partial charge on any atom is -0.477 e. The van der Waals surface area contributed by atoms with Gasteiger partial charge in [-0.05, 0) is 12.0 Å². The van der Waals surface area contributed by atoms with Crippen LogP contribution in [0.1, 0.15) is 13.8 Å². The quantitative estimate of drug-likeness (QED) is 0.734. The molecule has 0 unspecified atom stereocenters. The van der Waals surface area contributed by atoms with Crippen LogP contribution in [-0.4, -0.2) is 25.7 Å². The van der Waals surface area contributed by atoms with Crippen molar-refractivity contribution in [1.82, 2.24) is 4.98 Å². The summed E-state index contributed by atoms with van der Waals surface area (Å²) in [5.74, 6) is 1.23. The van der Waals surface area contributed by atoms with Gasteiger partial charge in [0.15, 0.2) is 0 Å². The van der Waals surface area contributed by atoms with E-state index >= 15 is 0 Å². The van der Waals surface area contributed by atoms with Crippen molar-refractivity contribution in [3.8, 4) is 5.88 Å². The molecule has 1 aromatic heterocycles. The molecule has 0 aliphatic heterocycles. The zero-order chi connectivity index (χ0) is 10.6. The molecule has 0 aromatic carbocycles. The van der Waals surface area contributed by atoms with Crippen LogP contribution in [0.15, 0.2) is 18.3 Å². The lowest BCUT2D eigenvalue weighted by Crippen LogP contribution is -2.09. The number of hydrogen-bond donors (Lipinski definition) is 0. The number of nitrogens with zero attached hydrogens (tertiary/aromatic N) is 2. The average molecular weight is 194 g/mol. The zero-order valence-corrected chi connectivity index (χ0v) is 9.32. The number of hydrogen-bond acceptors (Lipinski definition) is 3. The number of aromatic nitrogens is 1. The molecule has 78 valence electrons. The summed E-state index contributed by atoms with van der Waals surface area (Å²) in [4.78, 5) is 6.22. The lowest BCUT2D eigenvalue weighted by molar-refractivity contribution is 0.261. The van der Waals surface area contributed by atoms with Crippen LogP contribution in [-0.2, 0) is 0 Å². The van der Waals surface area contributed by atoms with Gasteiger partial charge in [-0.1, -0.05) is 13.8 Å². The zero-order valence-electron chi connectivity index (χ0n) is 9.32. The Morgan fingerprint density at radius 3 is 2.50 bits per heavy atom. The molecule has 1 heterocycles. The second-order valence-corrected chi connectivity index (χ2v) is 3.95. The second-order valence-electron chi connectivity index (χ2n) is 3.95. The van der Waals surface area contributed by atoms with Crippen LogP contribution in [0.25, 0.3) is 0 Å². The minimum absolute atomic E-state index is 0.533. The normalized spacial score (nSPS) is 10.4. The predicted molar refractivity (Wildman–Crippen MR) is 58.9 cm³/mol. The van der Waals surface area contributed by atoms with E-state index in [1.807, 2.05) is 37.3 Å². The van der Waals surface area contributed by atoms with E-state index in [1.54, 1.807) is 0 Å². The van der Waals surface area contributed by atoms with Crippen LogP contribution in [0.4, 0.5) is 5.69 Å². The van der Waals surface area contributed by atoms with Gasteiger partial charge in [0.25, 0.3) is 0 Å². The summed E-state index contributed by atoms with van der Waals surface area (Å²) in [6.07, 6.45) is 1.82. The highest BCUT2D eigenvalue weighted by Crippen LogP contribution is 2.14. The Kier molecular flexibility index (Phi) is 3.74. The van der Waals surface area contributed by atoms with Gasteiger partial charge in [0.05, 0.1) is 18.5 Å². The molecule has 0 atom stereocenters. The highest BCUT2D eigenvalue weighted by atomic mass is 16.5. The van der Waals surface area contributed by atoms with Gasteiger partial charge in [-0.2, -0.15) is 0 Å². The third kappa shape index (κ3) is 3.24. The fourth-order valence-electron chi connectivity index (χ4n) is 0.974. The molecule has 1 aromatic rings. The third-order valence-electron chi connectivity index (χ3n) is 1.80. The second kappa shape index (κ2) is 4.84. The van der Waals surface area contributed by atoms with Gasteiger partial charge < -0.3 is 9.64 Å². The van der Waals surface area contributed by atoms with E-state index in [0.717, 1.165) is 5.69 Å². The summed E-state index contributed by atoms with van der Waals surface area (Å²) in [6.45, 7) is 4.96. The SMILES string of the molecule is CC(C)COc1ccc(N(C)C)cn1. The molecule has 0 N–H and O–H groups in total. The largest absolute Gasteiger partial charge is 0.477 e. The summed E-state index contributed by atoms with van der Waals surface area (Å²) in [5.41, 5.74) is 1.09. The molecule has 1 rings (SSSR count). The molecule has 0 aliphatic carbocycles. The average Bonchev–Trinajstić information content (AvgIpc) is 2.15. The molecular formula is C11H18N2O. The van der Waals surface area contributed by atoms with E-state index in [-0.39, 0.29) is 0 Å². The Morgan fingerprint density at radius 2 is 2.07 bits per heavy atom. The molecule has 0 saturated carbocycles. The van der Waals surface area contributed by atoms with Crippen molar-refractivity contribution in [3.05, 3.63) is 18.3 Å². The number of anilines is 1. The molecule has 0 fully saturated rings. The van der Waals surface area contributed by atoms with Gasteiger partial charge >= 0.3 is 0 Å². The van der Waals surface area contributed by atoms with E-state index in [4.69, 9.17) is 4.74 Å². The molecule has 0 aliphatic rings. The monoisotopic (exact) mass is 194 g/mol. The smallest absolute Gasteiger partial charge is 0.213 e. The Morgan fingerprint density at radius 1 is 1.36 bits per heavy atom. The molecule has 0 saturated heterocycles.